The summed E-state index contributed by atoms with van der Waals surface area (Å²) in [5, 5.41) is 3.39. The molecule has 2 rings (SSSR count). The van der Waals surface area contributed by atoms with Crippen molar-refractivity contribution in [2.24, 2.45) is 5.41 Å². The molecule has 2 fully saturated rings. The highest BCUT2D eigenvalue weighted by Gasteiger charge is 2.42. The third kappa shape index (κ3) is 1.64. The Morgan fingerprint density at radius 3 is 2.77 bits per heavy atom. The molecule has 2 heteroatoms. The summed E-state index contributed by atoms with van der Waals surface area (Å²) in [6.45, 7) is 3.05. The molecule has 1 heterocycles. The van der Waals surface area contributed by atoms with Crippen LogP contribution in [0.2, 0.25) is 0 Å². The van der Waals surface area contributed by atoms with Gasteiger partial charge in [0.1, 0.15) is 5.78 Å². The summed E-state index contributed by atoms with van der Waals surface area (Å²) in [7, 11) is 0. The molecule has 0 aromatic carbocycles. The predicted octanol–water partition coefficient (Wildman–Crippen LogP) is 1.89. The summed E-state index contributed by atoms with van der Waals surface area (Å²) >= 11 is 0. The van der Waals surface area contributed by atoms with E-state index < -0.39 is 0 Å². The molecule has 1 aliphatic carbocycles. The minimum absolute atomic E-state index is 0.183. The molecule has 2 nitrogen and oxygen atoms in total. The normalized spacial score (nSPS) is 31.3. The van der Waals surface area contributed by atoms with Gasteiger partial charge < -0.3 is 5.32 Å². The SMILES string of the molecule is CCC(=O)C1CC2(CCCC2)CN1. The maximum Gasteiger partial charge on any atom is 0.149 e. The van der Waals surface area contributed by atoms with Gasteiger partial charge in [-0.1, -0.05) is 19.8 Å². The quantitative estimate of drug-likeness (QED) is 0.705. The van der Waals surface area contributed by atoms with Gasteiger partial charge in [0.2, 0.25) is 0 Å². The minimum Gasteiger partial charge on any atom is -0.307 e. The van der Waals surface area contributed by atoms with Crippen LogP contribution in [0, 0.1) is 5.41 Å². The van der Waals surface area contributed by atoms with Crippen LogP contribution in [-0.4, -0.2) is 18.4 Å². The van der Waals surface area contributed by atoms with Gasteiger partial charge in [0.25, 0.3) is 0 Å². The van der Waals surface area contributed by atoms with Crippen molar-refractivity contribution in [3.63, 3.8) is 0 Å². The largest absolute Gasteiger partial charge is 0.307 e. The molecule has 1 atom stereocenters. The van der Waals surface area contributed by atoms with Crippen LogP contribution in [0.3, 0.4) is 0 Å². The summed E-state index contributed by atoms with van der Waals surface area (Å²) in [6.07, 6.45) is 7.22. The number of ketones is 1. The van der Waals surface area contributed by atoms with Crippen LogP contribution in [-0.2, 0) is 4.79 Å². The van der Waals surface area contributed by atoms with Crippen molar-refractivity contribution in [3.05, 3.63) is 0 Å². The highest BCUT2D eigenvalue weighted by atomic mass is 16.1. The van der Waals surface area contributed by atoms with Gasteiger partial charge in [-0.25, -0.2) is 0 Å². The smallest absolute Gasteiger partial charge is 0.149 e. The number of hydrogen-bond acceptors (Lipinski definition) is 2. The van der Waals surface area contributed by atoms with E-state index in [0.717, 1.165) is 13.0 Å². The van der Waals surface area contributed by atoms with Crippen LogP contribution in [0.25, 0.3) is 0 Å². The molecule has 1 saturated carbocycles. The standard InChI is InChI=1S/C11H19NO/c1-2-10(13)9-7-11(8-12-9)5-3-4-6-11/h9,12H,2-8H2,1H3. The number of nitrogens with one attached hydrogen (secondary N) is 1. The van der Waals surface area contributed by atoms with Crippen molar-refractivity contribution in [1.82, 2.24) is 5.32 Å². The first kappa shape index (κ1) is 9.20. The Balaban J connectivity index is 1.96. The van der Waals surface area contributed by atoms with Crippen molar-refractivity contribution < 1.29 is 4.79 Å². The molecule has 0 aromatic heterocycles. The summed E-state index contributed by atoms with van der Waals surface area (Å²) in [5.74, 6) is 0.406. The zero-order valence-electron chi connectivity index (χ0n) is 8.44. The first-order valence-electron chi connectivity index (χ1n) is 5.52. The van der Waals surface area contributed by atoms with Crippen LogP contribution in [0.5, 0.6) is 0 Å². The molecule has 1 N–H and O–H groups in total. The molecule has 0 radical (unpaired) electrons. The van der Waals surface area contributed by atoms with Crippen molar-refractivity contribution in [2.75, 3.05) is 6.54 Å². The van der Waals surface area contributed by atoms with E-state index in [0.29, 0.717) is 17.6 Å². The topological polar surface area (TPSA) is 29.1 Å². The Kier molecular flexibility index (Phi) is 2.41. The van der Waals surface area contributed by atoms with E-state index in [1.54, 1.807) is 0 Å². The molecule has 1 spiro atoms. The number of hydrogen-bond donors (Lipinski definition) is 1. The first-order valence-corrected chi connectivity index (χ1v) is 5.52. The zero-order chi connectivity index (χ0) is 9.31. The fourth-order valence-electron chi connectivity index (χ4n) is 2.90. The van der Waals surface area contributed by atoms with E-state index in [1.165, 1.54) is 25.7 Å². The van der Waals surface area contributed by atoms with E-state index in [1.807, 2.05) is 6.92 Å². The molecule has 0 amide bonds. The van der Waals surface area contributed by atoms with Crippen LogP contribution >= 0.6 is 0 Å². The van der Waals surface area contributed by atoms with Gasteiger partial charge in [-0.2, -0.15) is 0 Å². The van der Waals surface area contributed by atoms with Gasteiger partial charge in [0.05, 0.1) is 6.04 Å². The lowest BCUT2D eigenvalue weighted by molar-refractivity contribution is -0.120. The van der Waals surface area contributed by atoms with Crippen LogP contribution in [0.1, 0.15) is 45.4 Å². The number of rotatable bonds is 2. The molecule has 0 bridgehead atoms. The fraction of sp³-hybridized carbons (Fsp3) is 0.909. The van der Waals surface area contributed by atoms with Gasteiger partial charge in [0, 0.05) is 13.0 Å². The van der Waals surface area contributed by atoms with Gasteiger partial charge in [-0.15, -0.1) is 0 Å². The average molecular weight is 181 g/mol. The molecule has 1 saturated heterocycles. The van der Waals surface area contributed by atoms with Crippen LogP contribution < -0.4 is 5.32 Å². The number of carbonyl (C=O) groups is 1. The highest BCUT2D eigenvalue weighted by molar-refractivity contribution is 5.84. The lowest BCUT2D eigenvalue weighted by Crippen LogP contribution is -2.29. The predicted molar refractivity (Wildman–Crippen MR) is 52.6 cm³/mol. The summed E-state index contributed by atoms with van der Waals surface area (Å²) in [5.41, 5.74) is 0.509. The Labute approximate surface area is 80.1 Å². The molecule has 13 heavy (non-hydrogen) atoms. The molecule has 2 aliphatic rings. The lowest BCUT2D eigenvalue weighted by atomic mass is 9.83. The van der Waals surface area contributed by atoms with Gasteiger partial charge in [0.15, 0.2) is 0 Å². The monoisotopic (exact) mass is 181 g/mol. The molecule has 0 aromatic rings. The van der Waals surface area contributed by atoms with E-state index in [2.05, 4.69) is 5.32 Å². The van der Waals surface area contributed by atoms with Gasteiger partial charge in [-0.05, 0) is 24.7 Å². The molecular weight excluding hydrogens is 162 g/mol. The Morgan fingerprint density at radius 1 is 1.46 bits per heavy atom. The van der Waals surface area contributed by atoms with Crippen molar-refractivity contribution in [1.29, 1.82) is 0 Å². The Bertz CT molecular complexity index is 206. The van der Waals surface area contributed by atoms with E-state index in [-0.39, 0.29) is 6.04 Å². The van der Waals surface area contributed by atoms with Crippen LogP contribution in [0.4, 0.5) is 0 Å². The highest BCUT2D eigenvalue weighted by Crippen LogP contribution is 2.44. The minimum atomic E-state index is 0.183. The van der Waals surface area contributed by atoms with Crippen molar-refractivity contribution >= 4 is 5.78 Å². The second-order valence-electron chi connectivity index (χ2n) is 4.66. The summed E-state index contributed by atoms with van der Waals surface area (Å²) in [4.78, 5) is 11.5. The van der Waals surface area contributed by atoms with Crippen LogP contribution in [0.15, 0.2) is 0 Å². The number of Topliss-reactive ketones (excluding diaryl/α,β-unsaturated/α-hetero) is 1. The lowest BCUT2D eigenvalue weighted by Gasteiger charge is -2.20. The van der Waals surface area contributed by atoms with E-state index in [9.17, 15) is 4.79 Å². The summed E-state index contributed by atoms with van der Waals surface area (Å²) < 4.78 is 0. The van der Waals surface area contributed by atoms with Gasteiger partial charge >= 0.3 is 0 Å². The average Bonchev–Trinajstić information content (AvgIpc) is 2.76. The van der Waals surface area contributed by atoms with Gasteiger partial charge in [-0.3, -0.25) is 4.79 Å². The Hall–Kier alpha value is -0.370. The molecule has 74 valence electrons. The van der Waals surface area contributed by atoms with E-state index in [4.69, 9.17) is 0 Å². The zero-order valence-corrected chi connectivity index (χ0v) is 8.44. The second kappa shape index (κ2) is 3.41. The van der Waals surface area contributed by atoms with Crippen molar-refractivity contribution in [2.45, 2.75) is 51.5 Å². The third-order valence-corrected chi connectivity index (χ3v) is 3.76. The molecule has 1 aliphatic heterocycles. The first-order chi connectivity index (χ1) is 6.26. The maximum atomic E-state index is 11.5. The molecular formula is C11H19NO. The third-order valence-electron chi connectivity index (χ3n) is 3.76. The Morgan fingerprint density at radius 2 is 2.15 bits per heavy atom. The maximum absolute atomic E-state index is 11.5. The van der Waals surface area contributed by atoms with Crippen molar-refractivity contribution in [3.8, 4) is 0 Å². The second-order valence-corrected chi connectivity index (χ2v) is 4.66. The fourth-order valence-corrected chi connectivity index (χ4v) is 2.90. The molecule has 1 unspecified atom stereocenters. The van der Waals surface area contributed by atoms with E-state index >= 15 is 0 Å². The number of carbonyl (C=O) groups excluding carboxylic acids is 1. The summed E-state index contributed by atoms with van der Waals surface area (Å²) in [6, 6.07) is 0.183.